The number of amides is 1. The summed E-state index contributed by atoms with van der Waals surface area (Å²) in [5.41, 5.74) is 1.64. The quantitative estimate of drug-likeness (QED) is 0.803. The number of hydrogen-bond donors (Lipinski definition) is 1. The maximum atomic E-state index is 11.9. The Morgan fingerprint density at radius 2 is 2.11 bits per heavy atom. The molecule has 1 amide bonds. The first-order chi connectivity index (χ1) is 8.45. The van der Waals surface area contributed by atoms with Gasteiger partial charge in [-0.1, -0.05) is 6.07 Å². The van der Waals surface area contributed by atoms with Crippen LogP contribution in [0.15, 0.2) is 18.2 Å². The number of hydrogen-bond acceptors (Lipinski definition) is 3. The molecule has 1 unspecified atom stereocenters. The van der Waals surface area contributed by atoms with E-state index in [4.69, 9.17) is 5.11 Å². The van der Waals surface area contributed by atoms with Crippen molar-refractivity contribution < 1.29 is 14.7 Å². The van der Waals surface area contributed by atoms with Gasteiger partial charge in [-0.15, -0.1) is 0 Å². The van der Waals surface area contributed by atoms with Crippen molar-refractivity contribution in [3.05, 3.63) is 29.6 Å². The van der Waals surface area contributed by atoms with Gasteiger partial charge in [0.05, 0.1) is 12.2 Å². The summed E-state index contributed by atoms with van der Waals surface area (Å²) < 4.78 is 0. The van der Waals surface area contributed by atoms with Gasteiger partial charge in [0.15, 0.2) is 0 Å². The monoisotopic (exact) mass is 250 g/mol. The maximum Gasteiger partial charge on any atom is 0.315 e. The Morgan fingerprint density at radius 1 is 1.44 bits per heavy atom. The number of carboxylic acids is 1. The van der Waals surface area contributed by atoms with E-state index in [0.717, 1.165) is 11.4 Å². The molecule has 0 spiro atoms. The van der Waals surface area contributed by atoms with Crippen LogP contribution in [0.2, 0.25) is 0 Å². The van der Waals surface area contributed by atoms with Crippen molar-refractivity contribution in [1.29, 1.82) is 0 Å². The third-order valence-electron chi connectivity index (χ3n) is 2.73. The van der Waals surface area contributed by atoms with Crippen LogP contribution in [0.5, 0.6) is 0 Å². The summed E-state index contributed by atoms with van der Waals surface area (Å²) in [6, 6.07) is 5.58. The van der Waals surface area contributed by atoms with E-state index in [1.807, 2.05) is 32.0 Å². The van der Waals surface area contributed by atoms with Gasteiger partial charge in [0.25, 0.3) is 0 Å². The first-order valence-electron chi connectivity index (χ1n) is 5.89. The second-order valence-electron chi connectivity index (χ2n) is 4.18. The molecule has 0 saturated heterocycles. The fourth-order valence-corrected chi connectivity index (χ4v) is 1.61. The van der Waals surface area contributed by atoms with Gasteiger partial charge >= 0.3 is 5.97 Å². The predicted molar refractivity (Wildman–Crippen MR) is 66.9 cm³/mol. The Bertz CT molecular complexity index is 446. The van der Waals surface area contributed by atoms with Crippen LogP contribution < -0.4 is 0 Å². The molecule has 1 atom stereocenters. The zero-order valence-corrected chi connectivity index (χ0v) is 10.9. The summed E-state index contributed by atoms with van der Waals surface area (Å²) in [4.78, 5) is 28.5. The molecule has 1 N–H and O–H groups in total. The van der Waals surface area contributed by atoms with Crippen molar-refractivity contribution in [2.75, 3.05) is 6.54 Å². The van der Waals surface area contributed by atoms with Crippen LogP contribution in [0, 0.1) is 12.8 Å². The largest absolute Gasteiger partial charge is 0.481 e. The molecule has 1 heterocycles. The average Bonchev–Trinajstić information content (AvgIpc) is 2.34. The van der Waals surface area contributed by atoms with Crippen LogP contribution >= 0.6 is 0 Å². The Labute approximate surface area is 106 Å². The number of pyridine rings is 1. The van der Waals surface area contributed by atoms with Crippen molar-refractivity contribution in [2.45, 2.75) is 27.3 Å². The minimum absolute atomic E-state index is 0.342. The lowest BCUT2D eigenvalue weighted by molar-refractivity contribution is -0.150. The Kier molecular flexibility index (Phi) is 4.83. The van der Waals surface area contributed by atoms with Crippen LogP contribution in [0.4, 0.5) is 0 Å². The number of carboxylic acid groups (broad SMARTS) is 1. The minimum Gasteiger partial charge on any atom is -0.481 e. The fraction of sp³-hybridized carbons (Fsp3) is 0.462. The number of rotatable bonds is 5. The highest BCUT2D eigenvalue weighted by molar-refractivity contribution is 5.96. The molecule has 0 saturated carbocycles. The standard InChI is InChI=1S/C13H18N2O3/c1-4-15(12(16)10(3)13(17)18)8-11-7-5-6-9(2)14-11/h5-7,10H,4,8H2,1-3H3,(H,17,18). The zero-order valence-electron chi connectivity index (χ0n) is 10.9. The first kappa shape index (κ1) is 14.2. The molecule has 0 fully saturated rings. The summed E-state index contributed by atoms with van der Waals surface area (Å²) in [6.07, 6.45) is 0. The molecular weight excluding hydrogens is 232 g/mol. The van der Waals surface area contributed by atoms with Gasteiger partial charge in [-0.05, 0) is 32.9 Å². The second kappa shape index (κ2) is 6.14. The number of aryl methyl sites for hydroxylation is 1. The van der Waals surface area contributed by atoms with Crippen molar-refractivity contribution in [3.63, 3.8) is 0 Å². The van der Waals surface area contributed by atoms with Gasteiger partial charge in [0.1, 0.15) is 5.92 Å². The minimum atomic E-state index is -1.10. The molecule has 1 aromatic heterocycles. The maximum absolute atomic E-state index is 11.9. The zero-order chi connectivity index (χ0) is 13.7. The van der Waals surface area contributed by atoms with Gasteiger partial charge in [0, 0.05) is 12.2 Å². The Balaban J connectivity index is 2.79. The summed E-state index contributed by atoms with van der Waals surface area (Å²) in [5, 5.41) is 8.84. The molecular formula is C13H18N2O3. The topological polar surface area (TPSA) is 70.5 Å². The summed E-state index contributed by atoms with van der Waals surface area (Å²) >= 11 is 0. The number of carbonyl (C=O) groups is 2. The Hall–Kier alpha value is -1.91. The fourth-order valence-electron chi connectivity index (χ4n) is 1.61. The molecule has 0 aliphatic rings. The SMILES string of the molecule is CCN(Cc1cccc(C)n1)C(=O)C(C)C(=O)O. The first-order valence-corrected chi connectivity index (χ1v) is 5.89. The molecule has 5 heteroatoms. The number of aliphatic carboxylic acids is 1. The van der Waals surface area contributed by atoms with E-state index in [2.05, 4.69) is 4.98 Å². The van der Waals surface area contributed by atoms with Crippen LogP contribution in [0.1, 0.15) is 25.2 Å². The number of aromatic nitrogens is 1. The second-order valence-corrected chi connectivity index (χ2v) is 4.18. The highest BCUT2D eigenvalue weighted by Crippen LogP contribution is 2.08. The molecule has 0 aromatic carbocycles. The van der Waals surface area contributed by atoms with E-state index in [1.54, 1.807) is 0 Å². The summed E-state index contributed by atoms with van der Waals surface area (Å²) in [5.74, 6) is -2.50. The number of carbonyl (C=O) groups excluding carboxylic acids is 1. The van der Waals surface area contributed by atoms with Crippen LogP contribution in [0.25, 0.3) is 0 Å². The van der Waals surface area contributed by atoms with Crippen molar-refractivity contribution in [1.82, 2.24) is 9.88 Å². The number of nitrogens with zero attached hydrogens (tertiary/aromatic N) is 2. The normalized spacial score (nSPS) is 11.9. The van der Waals surface area contributed by atoms with Crippen molar-refractivity contribution >= 4 is 11.9 Å². The van der Waals surface area contributed by atoms with Gasteiger partial charge in [-0.2, -0.15) is 0 Å². The van der Waals surface area contributed by atoms with Crippen LogP contribution in [0.3, 0.4) is 0 Å². The van der Waals surface area contributed by atoms with Gasteiger partial charge < -0.3 is 10.0 Å². The van der Waals surface area contributed by atoms with E-state index >= 15 is 0 Å². The highest BCUT2D eigenvalue weighted by Gasteiger charge is 2.25. The van der Waals surface area contributed by atoms with Crippen LogP contribution in [-0.2, 0) is 16.1 Å². The van der Waals surface area contributed by atoms with E-state index in [0.29, 0.717) is 13.1 Å². The lowest BCUT2D eigenvalue weighted by Gasteiger charge is -2.22. The molecule has 0 bridgehead atoms. The summed E-state index contributed by atoms with van der Waals surface area (Å²) in [6.45, 7) is 5.90. The molecule has 18 heavy (non-hydrogen) atoms. The van der Waals surface area contributed by atoms with Gasteiger partial charge in [-0.25, -0.2) is 0 Å². The van der Waals surface area contributed by atoms with Gasteiger partial charge in [-0.3, -0.25) is 14.6 Å². The lowest BCUT2D eigenvalue weighted by atomic mass is 10.1. The molecule has 1 aromatic rings. The van der Waals surface area contributed by atoms with Crippen LogP contribution in [-0.4, -0.2) is 33.4 Å². The molecule has 98 valence electrons. The summed E-state index contributed by atoms with van der Waals surface area (Å²) in [7, 11) is 0. The van der Waals surface area contributed by atoms with Crippen molar-refractivity contribution in [3.8, 4) is 0 Å². The van der Waals surface area contributed by atoms with E-state index in [1.165, 1.54) is 11.8 Å². The van der Waals surface area contributed by atoms with E-state index in [9.17, 15) is 9.59 Å². The molecule has 0 aliphatic heterocycles. The molecule has 5 nitrogen and oxygen atoms in total. The molecule has 0 radical (unpaired) electrons. The lowest BCUT2D eigenvalue weighted by Crippen LogP contribution is -2.37. The van der Waals surface area contributed by atoms with E-state index in [-0.39, 0.29) is 5.91 Å². The van der Waals surface area contributed by atoms with Crippen molar-refractivity contribution in [2.24, 2.45) is 5.92 Å². The molecule has 0 aliphatic carbocycles. The predicted octanol–water partition coefficient (Wildman–Crippen LogP) is 1.46. The average molecular weight is 250 g/mol. The smallest absolute Gasteiger partial charge is 0.315 e. The highest BCUT2D eigenvalue weighted by atomic mass is 16.4. The van der Waals surface area contributed by atoms with E-state index < -0.39 is 11.9 Å². The third-order valence-corrected chi connectivity index (χ3v) is 2.73. The molecule has 1 rings (SSSR count). The Morgan fingerprint density at radius 3 is 2.61 bits per heavy atom. The van der Waals surface area contributed by atoms with Gasteiger partial charge in [0.2, 0.25) is 5.91 Å². The third kappa shape index (κ3) is 3.55.